The van der Waals surface area contributed by atoms with E-state index in [-0.39, 0.29) is 11.6 Å². The summed E-state index contributed by atoms with van der Waals surface area (Å²) in [5.74, 6) is 0.319. The normalized spacial score (nSPS) is 11.0. The Morgan fingerprint density at radius 2 is 1.81 bits per heavy atom. The van der Waals surface area contributed by atoms with E-state index in [4.69, 9.17) is 11.6 Å². The third-order valence-corrected chi connectivity index (χ3v) is 3.79. The van der Waals surface area contributed by atoms with Crippen molar-refractivity contribution in [1.29, 1.82) is 0 Å². The SMILES string of the molecule is CC(=O)Nc1ccc(/C=N/n2c(C)nn(-c3ccc(Cl)cc3)c2=O)cc1. The van der Waals surface area contributed by atoms with Crippen LogP contribution in [0.15, 0.2) is 58.4 Å². The highest BCUT2D eigenvalue weighted by molar-refractivity contribution is 6.30. The minimum Gasteiger partial charge on any atom is -0.326 e. The molecule has 3 rings (SSSR count). The summed E-state index contributed by atoms with van der Waals surface area (Å²) in [6.07, 6.45) is 1.56. The first-order valence-electron chi connectivity index (χ1n) is 7.80. The van der Waals surface area contributed by atoms with E-state index in [1.807, 2.05) is 0 Å². The van der Waals surface area contributed by atoms with Crippen LogP contribution in [-0.2, 0) is 4.79 Å². The van der Waals surface area contributed by atoms with E-state index in [1.54, 1.807) is 61.7 Å². The summed E-state index contributed by atoms with van der Waals surface area (Å²) in [5, 5.41) is 11.7. The van der Waals surface area contributed by atoms with Crippen LogP contribution in [-0.4, -0.2) is 26.6 Å². The third kappa shape index (κ3) is 3.89. The summed E-state index contributed by atoms with van der Waals surface area (Å²) in [5.41, 5.74) is 1.70. The predicted molar refractivity (Wildman–Crippen MR) is 101 cm³/mol. The second kappa shape index (κ2) is 7.37. The molecule has 1 N–H and O–H groups in total. The number of nitrogens with zero attached hydrogens (tertiary/aromatic N) is 4. The average Bonchev–Trinajstić information content (AvgIpc) is 2.89. The topological polar surface area (TPSA) is 81.3 Å². The molecule has 0 radical (unpaired) electrons. The standard InChI is InChI=1S/C18H16ClN5O2/c1-12-22-24(17-9-5-15(19)6-10-17)18(26)23(12)20-11-14-3-7-16(8-4-14)21-13(2)25/h3-11H,1-2H3,(H,21,25)/b20-11+. The van der Waals surface area contributed by atoms with Gasteiger partial charge in [0.05, 0.1) is 11.9 Å². The predicted octanol–water partition coefficient (Wildman–Crippen LogP) is 2.84. The van der Waals surface area contributed by atoms with Crippen molar-refractivity contribution in [3.05, 3.63) is 75.4 Å². The van der Waals surface area contributed by atoms with Gasteiger partial charge in [0.1, 0.15) is 0 Å². The molecule has 0 bridgehead atoms. The number of rotatable bonds is 4. The van der Waals surface area contributed by atoms with Gasteiger partial charge in [0.2, 0.25) is 5.91 Å². The Bertz CT molecular complexity index is 1020. The summed E-state index contributed by atoms with van der Waals surface area (Å²) in [7, 11) is 0. The molecule has 3 aromatic rings. The smallest absolute Gasteiger partial charge is 0.326 e. The van der Waals surface area contributed by atoms with Crippen LogP contribution in [0.3, 0.4) is 0 Å². The molecule has 2 aromatic carbocycles. The third-order valence-electron chi connectivity index (χ3n) is 3.54. The van der Waals surface area contributed by atoms with Gasteiger partial charge in [0, 0.05) is 17.6 Å². The van der Waals surface area contributed by atoms with Gasteiger partial charge in [0.15, 0.2) is 5.82 Å². The van der Waals surface area contributed by atoms with Crippen LogP contribution in [0.5, 0.6) is 0 Å². The fourth-order valence-corrected chi connectivity index (χ4v) is 2.45. The van der Waals surface area contributed by atoms with Gasteiger partial charge in [-0.15, -0.1) is 5.10 Å². The van der Waals surface area contributed by atoms with Gasteiger partial charge in [-0.1, -0.05) is 23.7 Å². The van der Waals surface area contributed by atoms with Gasteiger partial charge in [-0.2, -0.15) is 14.5 Å². The lowest BCUT2D eigenvalue weighted by atomic mass is 10.2. The van der Waals surface area contributed by atoms with Gasteiger partial charge >= 0.3 is 5.69 Å². The van der Waals surface area contributed by atoms with Gasteiger partial charge in [0.25, 0.3) is 0 Å². The van der Waals surface area contributed by atoms with Crippen molar-refractivity contribution >= 4 is 29.4 Å². The van der Waals surface area contributed by atoms with E-state index in [2.05, 4.69) is 15.5 Å². The summed E-state index contributed by atoms with van der Waals surface area (Å²) in [6, 6.07) is 13.9. The zero-order chi connectivity index (χ0) is 18.7. The average molecular weight is 370 g/mol. The maximum Gasteiger partial charge on any atom is 0.371 e. The lowest BCUT2D eigenvalue weighted by molar-refractivity contribution is -0.114. The molecular weight excluding hydrogens is 354 g/mol. The number of halogens is 1. The monoisotopic (exact) mass is 369 g/mol. The number of hydrogen-bond acceptors (Lipinski definition) is 4. The molecule has 0 saturated heterocycles. The first-order chi connectivity index (χ1) is 12.4. The maximum atomic E-state index is 12.5. The molecule has 7 nitrogen and oxygen atoms in total. The minimum absolute atomic E-state index is 0.136. The second-order valence-electron chi connectivity index (χ2n) is 5.58. The Morgan fingerprint density at radius 1 is 1.15 bits per heavy atom. The molecule has 132 valence electrons. The molecule has 0 atom stereocenters. The number of carbonyl (C=O) groups excluding carboxylic acids is 1. The lowest BCUT2D eigenvalue weighted by Crippen LogP contribution is -2.21. The van der Waals surface area contributed by atoms with Gasteiger partial charge in [-0.3, -0.25) is 4.79 Å². The number of benzene rings is 2. The zero-order valence-electron chi connectivity index (χ0n) is 14.2. The number of aryl methyl sites for hydroxylation is 1. The molecule has 8 heteroatoms. The quantitative estimate of drug-likeness (QED) is 0.718. The Hall–Kier alpha value is -3.19. The number of amides is 1. The Balaban J connectivity index is 1.86. The van der Waals surface area contributed by atoms with E-state index in [0.717, 1.165) is 5.56 Å². The highest BCUT2D eigenvalue weighted by atomic mass is 35.5. The van der Waals surface area contributed by atoms with Crippen LogP contribution in [0.1, 0.15) is 18.3 Å². The molecule has 0 aliphatic carbocycles. The second-order valence-corrected chi connectivity index (χ2v) is 6.01. The van der Waals surface area contributed by atoms with E-state index in [1.165, 1.54) is 16.3 Å². The van der Waals surface area contributed by atoms with Crippen LogP contribution in [0.2, 0.25) is 5.02 Å². The molecule has 0 unspecified atom stereocenters. The fraction of sp³-hybridized carbons (Fsp3) is 0.111. The maximum absolute atomic E-state index is 12.5. The van der Waals surface area contributed by atoms with E-state index in [9.17, 15) is 9.59 Å². The molecule has 0 fully saturated rings. The van der Waals surface area contributed by atoms with Crippen molar-refractivity contribution in [1.82, 2.24) is 14.5 Å². The first kappa shape index (κ1) is 17.6. The van der Waals surface area contributed by atoms with Crippen molar-refractivity contribution in [2.45, 2.75) is 13.8 Å². The van der Waals surface area contributed by atoms with Crippen LogP contribution in [0.25, 0.3) is 5.69 Å². The van der Waals surface area contributed by atoms with Crippen LogP contribution >= 0.6 is 11.6 Å². The van der Waals surface area contributed by atoms with Crippen molar-refractivity contribution in [3.63, 3.8) is 0 Å². The Morgan fingerprint density at radius 3 is 2.42 bits per heavy atom. The molecule has 1 heterocycles. The first-order valence-corrected chi connectivity index (χ1v) is 8.18. The van der Waals surface area contributed by atoms with Crippen LogP contribution in [0.4, 0.5) is 5.69 Å². The van der Waals surface area contributed by atoms with Gasteiger partial charge in [-0.25, -0.2) is 4.79 Å². The van der Waals surface area contributed by atoms with E-state index >= 15 is 0 Å². The molecular formula is C18H16ClN5O2. The number of hydrogen-bond donors (Lipinski definition) is 1. The van der Waals surface area contributed by atoms with Crippen LogP contribution < -0.4 is 11.0 Å². The summed E-state index contributed by atoms with van der Waals surface area (Å²) in [6.45, 7) is 3.15. The fourth-order valence-electron chi connectivity index (χ4n) is 2.32. The number of aromatic nitrogens is 3. The molecule has 1 aromatic heterocycles. The van der Waals surface area contributed by atoms with Crippen molar-refractivity contribution in [2.24, 2.45) is 5.10 Å². The van der Waals surface area contributed by atoms with Crippen molar-refractivity contribution < 1.29 is 4.79 Å². The van der Waals surface area contributed by atoms with E-state index < -0.39 is 0 Å². The molecule has 26 heavy (non-hydrogen) atoms. The highest BCUT2D eigenvalue weighted by Gasteiger charge is 2.10. The Kier molecular flexibility index (Phi) is 4.99. The Labute approximate surface area is 154 Å². The summed E-state index contributed by atoms with van der Waals surface area (Å²) < 4.78 is 2.49. The molecule has 0 aliphatic heterocycles. The van der Waals surface area contributed by atoms with Crippen molar-refractivity contribution in [3.8, 4) is 5.69 Å². The minimum atomic E-state index is -0.379. The largest absolute Gasteiger partial charge is 0.371 e. The zero-order valence-corrected chi connectivity index (χ0v) is 14.9. The molecule has 1 amide bonds. The van der Waals surface area contributed by atoms with E-state index in [0.29, 0.717) is 22.2 Å². The van der Waals surface area contributed by atoms with Gasteiger partial charge < -0.3 is 5.32 Å². The number of nitrogens with one attached hydrogen (secondary N) is 1. The molecule has 0 aliphatic rings. The summed E-state index contributed by atoms with van der Waals surface area (Å²) >= 11 is 5.87. The number of anilines is 1. The molecule has 0 saturated carbocycles. The van der Waals surface area contributed by atoms with Crippen molar-refractivity contribution in [2.75, 3.05) is 5.32 Å². The lowest BCUT2D eigenvalue weighted by Gasteiger charge is -2.01. The molecule has 0 spiro atoms. The summed E-state index contributed by atoms with van der Waals surface area (Å²) in [4.78, 5) is 23.6. The van der Waals surface area contributed by atoms with Gasteiger partial charge in [-0.05, 0) is 48.9 Å². The highest BCUT2D eigenvalue weighted by Crippen LogP contribution is 2.12. The number of carbonyl (C=O) groups is 1. The van der Waals surface area contributed by atoms with Crippen LogP contribution in [0, 0.1) is 6.92 Å².